The first kappa shape index (κ1) is 12.4. The Hall–Kier alpha value is -2.07. The van der Waals surface area contributed by atoms with E-state index in [9.17, 15) is 0 Å². The fourth-order valence-electron chi connectivity index (χ4n) is 1.78. The molecule has 0 fully saturated rings. The Labute approximate surface area is 107 Å². The van der Waals surface area contributed by atoms with E-state index >= 15 is 0 Å². The van der Waals surface area contributed by atoms with Crippen LogP contribution in [0.1, 0.15) is 11.6 Å². The number of nitrogens with zero attached hydrogens (tertiary/aromatic N) is 1. The first-order valence-corrected chi connectivity index (χ1v) is 5.85. The van der Waals surface area contributed by atoms with Crippen LogP contribution in [0.3, 0.4) is 0 Å². The summed E-state index contributed by atoms with van der Waals surface area (Å²) in [6.45, 7) is 0.522. The van der Waals surface area contributed by atoms with Crippen molar-refractivity contribution in [2.24, 2.45) is 5.73 Å². The zero-order chi connectivity index (χ0) is 12.8. The molecule has 1 unspecified atom stereocenters. The molecule has 94 valence electrons. The Bertz CT molecular complexity index is 487. The molecule has 0 radical (unpaired) electrons. The van der Waals surface area contributed by atoms with E-state index in [0.29, 0.717) is 12.4 Å². The summed E-state index contributed by atoms with van der Waals surface area (Å²) in [6, 6.07) is 14.0. The molecule has 0 aliphatic heterocycles. The van der Waals surface area contributed by atoms with Gasteiger partial charge in [-0.2, -0.15) is 0 Å². The van der Waals surface area contributed by atoms with E-state index < -0.39 is 0 Å². The first-order chi connectivity index (χ1) is 8.83. The van der Waals surface area contributed by atoms with Crippen molar-refractivity contribution in [1.82, 2.24) is 4.98 Å². The van der Waals surface area contributed by atoms with E-state index in [0.717, 1.165) is 11.3 Å². The predicted molar refractivity (Wildman–Crippen MR) is 72.6 cm³/mol. The van der Waals surface area contributed by atoms with Crippen LogP contribution in [0, 0.1) is 0 Å². The number of methoxy groups -OCH3 is 1. The van der Waals surface area contributed by atoms with E-state index in [-0.39, 0.29) is 6.04 Å². The highest BCUT2D eigenvalue weighted by Crippen LogP contribution is 2.20. The second kappa shape index (κ2) is 6.02. The van der Waals surface area contributed by atoms with Crippen LogP contribution in [0.15, 0.2) is 48.7 Å². The van der Waals surface area contributed by atoms with Gasteiger partial charge in [0.15, 0.2) is 0 Å². The standard InChI is InChI=1S/C14H17N3O/c1-18-14-9-12(7-8-16-14)17-13(10-15)11-5-3-2-4-6-11/h2-9,13H,10,15H2,1H3,(H,16,17). The number of rotatable bonds is 5. The molecule has 0 amide bonds. The molecule has 1 aromatic heterocycles. The van der Waals surface area contributed by atoms with E-state index in [1.54, 1.807) is 13.3 Å². The molecule has 1 aromatic carbocycles. The maximum Gasteiger partial charge on any atom is 0.214 e. The summed E-state index contributed by atoms with van der Waals surface area (Å²) in [5.41, 5.74) is 7.92. The number of benzene rings is 1. The van der Waals surface area contributed by atoms with Gasteiger partial charge in [0, 0.05) is 24.5 Å². The number of ether oxygens (including phenoxy) is 1. The average Bonchev–Trinajstić information content (AvgIpc) is 2.46. The fraction of sp³-hybridized carbons (Fsp3) is 0.214. The zero-order valence-electron chi connectivity index (χ0n) is 10.3. The van der Waals surface area contributed by atoms with Crippen LogP contribution in [0.5, 0.6) is 5.88 Å². The summed E-state index contributed by atoms with van der Waals surface area (Å²) < 4.78 is 5.09. The molecule has 18 heavy (non-hydrogen) atoms. The van der Waals surface area contributed by atoms with Gasteiger partial charge in [0.05, 0.1) is 13.2 Å². The molecule has 3 N–H and O–H groups in total. The van der Waals surface area contributed by atoms with E-state index in [1.165, 1.54) is 0 Å². The third-order valence-electron chi connectivity index (χ3n) is 2.72. The molecule has 2 aromatic rings. The van der Waals surface area contributed by atoms with Crippen LogP contribution in [0.4, 0.5) is 5.69 Å². The Morgan fingerprint density at radius 2 is 2.06 bits per heavy atom. The van der Waals surface area contributed by atoms with Crippen LogP contribution >= 0.6 is 0 Å². The first-order valence-electron chi connectivity index (χ1n) is 5.85. The molecule has 0 bridgehead atoms. The fourth-order valence-corrected chi connectivity index (χ4v) is 1.78. The predicted octanol–water partition coefficient (Wildman–Crippen LogP) is 2.20. The second-order valence-electron chi connectivity index (χ2n) is 3.93. The maximum absolute atomic E-state index is 5.81. The van der Waals surface area contributed by atoms with Gasteiger partial charge in [0.1, 0.15) is 0 Å². The minimum Gasteiger partial charge on any atom is -0.481 e. The minimum absolute atomic E-state index is 0.0818. The lowest BCUT2D eigenvalue weighted by Crippen LogP contribution is -2.20. The molecule has 2 rings (SSSR count). The Kier molecular flexibility index (Phi) is 4.15. The van der Waals surface area contributed by atoms with Gasteiger partial charge in [0.25, 0.3) is 0 Å². The van der Waals surface area contributed by atoms with E-state index in [1.807, 2.05) is 30.3 Å². The zero-order valence-corrected chi connectivity index (χ0v) is 10.3. The third kappa shape index (κ3) is 2.99. The maximum atomic E-state index is 5.81. The van der Waals surface area contributed by atoms with Gasteiger partial charge in [0.2, 0.25) is 5.88 Å². The van der Waals surface area contributed by atoms with Crippen molar-refractivity contribution < 1.29 is 4.74 Å². The van der Waals surface area contributed by atoms with Crippen molar-refractivity contribution in [2.75, 3.05) is 19.0 Å². The molecule has 1 heterocycles. The number of pyridine rings is 1. The molecule has 4 nitrogen and oxygen atoms in total. The lowest BCUT2D eigenvalue weighted by molar-refractivity contribution is 0.398. The molecular weight excluding hydrogens is 226 g/mol. The van der Waals surface area contributed by atoms with Crippen LogP contribution in [0.25, 0.3) is 0 Å². The quantitative estimate of drug-likeness (QED) is 0.845. The highest BCUT2D eigenvalue weighted by atomic mass is 16.5. The van der Waals surface area contributed by atoms with E-state index in [4.69, 9.17) is 10.5 Å². The van der Waals surface area contributed by atoms with Gasteiger partial charge >= 0.3 is 0 Å². The normalized spacial score (nSPS) is 11.9. The van der Waals surface area contributed by atoms with Gasteiger partial charge in [-0.3, -0.25) is 0 Å². The highest BCUT2D eigenvalue weighted by Gasteiger charge is 2.09. The Balaban J connectivity index is 2.15. The summed E-state index contributed by atoms with van der Waals surface area (Å²) in [4.78, 5) is 4.07. The lowest BCUT2D eigenvalue weighted by Gasteiger charge is -2.18. The van der Waals surface area contributed by atoms with Crippen molar-refractivity contribution in [3.63, 3.8) is 0 Å². The topological polar surface area (TPSA) is 60.2 Å². The minimum atomic E-state index is 0.0818. The monoisotopic (exact) mass is 243 g/mol. The smallest absolute Gasteiger partial charge is 0.214 e. The molecule has 0 saturated heterocycles. The van der Waals surface area contributed by atoms with Gasteiger partial charge in [-0.25, -0.2) is 4.98 Å². The van der Waals surface area contributed by atoms with Crippen molar-refractivity contribution in [2.45, 2.75) is 6.04 Å². The molecular formula is C14H17N3O. The average molecular weight is 243 g/mol. The van der Waals surface area contributed by atoms with Crippen molar-refractivity contribution >= 4 is 5.69 Å². The largest absolute Gasteiger partial charge is 0.481 e. The molecule has 1 atom stereocenters. The molecule has 0 spiro atoms. The van der Waals surface area contributed by atoms with Crippen LogP contribution in [-0.4, -0.2) is 18.6 Å². The van der Waals surface area contributed by atoms with Crippen molar-refractivity contribution in [3.05, 3.63) is 54.2 Å². The number of nitrogens with two attached hydrogens (primary N) is 1. The summed E-state index contributed by atoms with van der Waals surface area (Å²) in [5, 5.41) is 3.37. The van der Waals surface area contributed by atoms with Gasteiger partial charge in [-0.15, -0.1) is 0 Å². The summed E-state index contributed by atoms with van der Waals surface area (Å²) in [6.07, 6.45) is 1.71. The SMILES string of the molecule is COc1cc(NC(CN)c2ccccc2)ccn1. The molecule has 0 aliphatic carbocycles. The highest BCUT2D eigenvalue weighted by molar-refractivity contribution is 5.47. The van der Waals surface area contributed by atoms with E-state index in [2.05, 4.69) is 22.4 Å². The lowest BCUT2D eigenvalue weighted by atomic mass is 10.1. The Morgan fingerprint density at radius 3 is 2.72 bits per heavy atom. The number of hydrogen-bond donors (Lipinski definition) is 2. The summed E-state index contributed by atoms with van der Waals surface area (Å²) >= 11 is 0. The van der Waals surface area contributed by atoms with Gasteiger partial charge < -0.3 is 15.8 Å². The van der Waals surface area contributed by atoms with Crippen molar-refractivity contribution in [3.8, 4) is 5.88 Å². The third-order valence-corrected chi connectivity index (χ3v) is 2.72. The number of hydrogen-bond acceptors (Lipinski definition) is 4. The summed E-state index contributed by atoms with van der Waals surface area (Å²) in [5.74, 6) is 0.587. The second-order valence-corrected chi connectivity index (χ2v) is 3.93. The molecule has 0 aliphatic rings. The number of aromatic nitrogens is 1. The van der Waals surface area contributed by atoms with Gasteiger partial charge in [-0.1, -0.05) is 30.3 Å². The van der Waals surface area contributed by atoms with Crippen LogP contribution in [0.2, 0.25) is 0 Å². The number of anilines is 1. The van der Waals surface area contributed by atoms with Gasteiger partial charge in [-0.05, 0) is 11.6 Å². The molecule has 0 saturated carbocycles. The molecule has 4 heteroatoms. The number of nitrogens with one attached hydrogen (secondary N) is 1. The van der Waals surface area contributed by atoms with Crippen LogP contribution < -0.4 is 15.8 Å². The summed E-state index contributed by atoms with van der Waals surface area (Å²) in [7, 11) is 1.60. The Morgan fingerprint density at radius 1 is 1.28 bits per heavy atom. The van der Waals surface area contributed by atoms with Crippen molar-refractivity contribution in [1.29, 1.82) is 0 Å². The van der Waals surface area contributed by atoms with Crippen LogP contribution in [-0.2, 0) is 0 Å².